The highest BCUT2D eigenvalue weighted by Gasteiger charge is 2.05. The zero-order chi connectivity index (χ0) is 13.7. The Balaban J connectivity index is 2.13. The largest absolute Gasteiger partial charge is 0.435 e. The van der Waals surface area contributed by atoms with Crippen molar-refractivity contribution in [3.8, 4) is 11.8 Å². The Labute approximate surface area is 108 Å². The fourth-order valence-corrected chi connectivity index (χ4v) is 1.47. The Morgan fingerprint density at radius 1 is 1.21 bits per heavy atom. The second kappa shape index (κ2) is 5.78. The maximum absolute atomic E-state index is 12.0. The van der Waals surface area contributed by atoms with Crippen LogP contribution in [0.15, 0.2) is 42.7 Å². The maximum atomic E-state index is 12.0. The van der Waals surface area contributed by atoms with E-state index in [2.05, 4.69) is 15.0 Å². The number of pyridine rings is 1. The minimum absolute atomic E-state index is 0.0762. The molecule has 1 aromatic heterocycles. The molecule has 0 fully saturated rings. The third-order valence-corrected chi connectivity index (χ3v) is 2.30. The van der Waals surface area contributed by atoms with Crippen LogP contribution in [0.2, 0.25) is 0 Å². The molecule has 0 saturated carbocycles. The number of aromatic nitrogens is 1. The van der Waals surface area contributed by atoms with Crippen molar-refractivity contribution in [1.82, 2.24) is 4.98 Å². The molecule has 19 heavy (non-hydrogen) atoms. The van der Waals surface area contributed by atoms with Crippen LogP contribution in [-0.4, -0.2) is 11.6 Å². The van der Waals surface area contributed by atoms with E-state index in [1.807, 2.05) is 6.07 Å². The quantitative estimate of drug-likeness (QED) is 0.917. The third kappa shape index (κ3) is 3.39. The van der Waals surface area contributed by atoms with Gasteiger partial charge in [0.2, 0.25) is 0 Å². The van der Waals surface area contributed by atoms with Gasteiger partial charge in [-0.1, -0.05) is 0 Å². The first-order valence-corrected chi connectivity index (χ1v) is 5.35. The molecule has 0 aliphatic carbocycles. The number of ether oxygens (including phenoxy) is 1. The van der Waals surface area contributed by atoms with E-state index in [9.17, 15) is 8.78 Å². The van der Waals surface area contributed by atoms with Crippen molar-refractivity contribution in [2.24, 2.45) is 0 Å². The van der Waals surface area contributed by atoms with Crippen molar-refractivity contribution < 1.29 is 13.5 Å². The summed E-state index contributed by atoms with van der Waals surface area (Å²) in [6.45, 7) is -2.85. The van der Waals surface area contributed by atoms with Gasteiger partial charge < -0.3 is 10.1 Å². The lowest BCUT2D eigenvalue weighted by atomic mass is 10.2. The fraction of sp³-hybridized carbons (Fsp3) is 0.0769. The van der Waals surface area contributed by atoms with Gasteiger partial charge in [0.05, 0.1) is 17.4 Å². The van der Waals surface area contributed by atoms with Gasteiger partial charge in [0.25, 0.3) is 0 Å². The third-order valence-electron chi connectivity index (χ3n) is 2.30. The molecule has 0 aliphatic heterocycles. The first-order chi connectivity index (χ1) is 9.19. The topological polar surface area (TPSA) is 57.9 Å². The predicted molar refractivity (Wildman–Crippen MR) is 65.3 cm³/mol. The molecular formula is C13H9F2N3O. The molecule has 2 aromatic rings. The minimum atomic E-state index is -2.85. The smallest absolute Gasteiger partial charge is 0.387 e. The zero-order valence-corrected chi connectivity index (χ0v) is 9.68. The van der Waals surface area contributed by atoms with Crippen molar-refractivity contribution in [2.45, 2.75) is 6.61 Å². The van der Waals surface area contributed by atoms with Gasteiger partial charge in [0.1, 0.15) is 11.8 Å². The van der Waals surface area contributed by atoms with Gasteiger partial charge in [-0.25, -0.2) is 0 Å². The van der Waals surface area contributed by atoms with Gasteiger partial charge in [-0.3, -0.25) is 4.98 Å². The Morgan fingerprint density at radius 3 is 2.58 bits per heavy atom. The molecule has 1 aromatic carbocycles. The van der Waals surface area contributed by atoms with E-state index in [0.717, 1.165) is 0 Å². The van der Waals surface area contributed by atoms with Crippen LogP contribution in [-0.2, 0) is 0 Å². The second-order valence-corrected chi connectivity index (χ2v) is 3.56. The molecule has 0 radical (unpaired) electrons. The van der Waals surface area contributed by atoms with Crippen LogP contribution < -0.4 is 10.1 Å². The second-order valence-electron chi connectivity index (χ2n) is 3.56. The summed E-state index contributed by atoms with van der Waals surface area (Å²) in [5.41, 5.74) is 1.64. The molecule has 2 rings (SSSR count). The molecule has 0 atom stereocenters. The number of hydrogen-bond donors (Lipinski definition) is 1. The number of halogens is 2. The molecular weight excluding hydrogens is 252 g/mol. The van der Waals surface area contributed by atoms with E-state index in [0.29, 0.717) is 16.9 Å². The number of hydrogen-bond acceptors (Lipinski definition) is 4. The number of anilines is 2. The number of rotatable bonds is 4. The molecule has 96 valence electrons. The normalized spacial score (nSPS) is 10.0. The first kappa shape index (κ1) is 12.8. The number of nitrogens with zero attached hydrogens (tertiary/aromatic N) is 2. The number of nitriles is 1. The SMILES string of the molecule is N#Cc1ccncc1Nc1ccc(OC(F)F)cc1. The van der Waals surface area contributed by atoms with E-state index in [1.165, 1.54) is 24.5 Å². The summed E-state index contributed by atoms with van der Waals surface area (Å²) in [6.07, 6.45) is 3.03. The molecule has 1 N–H and O–H groups in total. The zero-order valence-electron chi connectivity index (χ0n) is 9.68. The van der Waals surface area contributed by atoms with Gasteiger partial charge in [-0.15, -0.1) is 0 Å². The van der Waals surface area contributed by atoms with Crippen LogP contribution in [0.5, 0.6) is 5.75 Å². The van der Waals surface area contributed by atoms with Gasteiger partial charge in [-0.05, 0) is 30.3 Å². The van der Waals surface area contributed by atoms with E-state index in [1.54, 1.807) is 18.2 Å². The van der Waals surface area contributed by atoms with Crippen molar-refractivity contribution in [1.29, 1.82) is 5.26 Å². The van der Waals surface area contributed by atoms with Crippen LogP contribution in [0.1, 0.15) is 5.56 Å². The Morgan fingerprint density at radius 2 is 1.95 bits per heavy atom. The lowest BCUT2D eigenvalue weighted by Crippen LogP contribution is -2.01. The summed E-state index contributed by atoms with van der Waals surface area (Å²) in [6, 6.07) is 9.58. The van der Waals surface area contributed by atoms with E-state index >= 15 is 0 Å². The van der Waals surface area contributed by atoms with Gasteiger partial charge in [0.15, 0.2) is 0 Å². The number of benzene rings is 1. The lowest BCUT2D eigenvalue weighted by molar-refractivity contribution is -0.0498. The molecule has 0 bridgehead atoms. The number of nitrogens with one attached hydrogen (secondary N) is 1. The highest BCUT2D eigenvalue weighted by Crippen LogP contribution is 2.22. The summed E-state index contributed by atoms with van der Waals surface area (Å²) in [7, 11) is 0. The molecule has 0 aliphatic rings. The van der Waals surface area contributed by atoms with Crippen molar-refractivity contribution in [3.05, 3.63) is 48.3 Å². The summed E-state index contributed by atoms with van der Waals surface area (Å²) in [4.78, 5) is 3.91. The lowest BCUT2D eigenvalue weighted by Gasteiger charge is -2.09. The van der Waals surface area contributed by atoms with Crippen molar-refractivity contribution >= 4 is 11.4 Å². The molecule has 6 heteroatoms. The standard InChI is InChI=1S/C13H9F2N3O/c14-13(15)19-11-3-1-10(2-4-11)18-12-8-17-6-5-9(12)7-16/h1-6,8,13,18H. The van der Waals surface area contributed by atoms with Crippen LogP contribution in [0.4, 0.5) is 20.2 Å². The van der Waals surface area contributed by atoms with Gasteiger partial charge in [-0.2, -0.15) is 14.0 Å². The molecule has 0 spiro atoms. The summed E-state index contributed by atoms with van der Waals surface area (Å²) in [5, 5.41) is 11.9. The maximum Gasteiger partial charge on any atom is 0.387 e. The van der Waals surface area contributed by atoms with Gasteiger partial charge >= 0.3 is 6.61 Å². The highest BCUT2D eigenvalue weighted by molar-refractivity contribution is 5.65. The molecule has 4 nitrogen and oxygen atoms in total. The van der Waals surface area contributed by atoms with Crippen LogP contribution in [0, 0.1) is 11.3 Å². The molecule has 0 saturated heterocycles. The van der Waals surface area contributed by atoms with Crippen LogP contribution in [0.3, 0.4) is 0 Å². The Hall–Kier alpha value is -2.68. The molecule has 0 unspecified atom stereocenters. The van der Waals surface area contributed by atoms with Gasteiger partial charge in [0, 0.05) is 11.9 Å². The van der Waals surface area contributed by atoms with E-state index in [4.69, 9.17) is 5.26 Å². The summed E-state index contributed by atoms with van der Waals surface area (Å²) in [5.74, 6) is 0.0762. The molecule has 0 amide bonds. The van der Waals surface area contributed by atoms with Crippen LogP contribution >= 0.6 is 0 Å². The van der Waals surface area contributed by atoms with E-state index < -0.39 is 6.61 Å². The first-order valence-electron chi connectivity index (χ1n) is 5.35. The molecule has 1 heterocycles. The highest BCUT2D eigenvalue weighted by atomic mass is 19.3. The van der Waals surface area contributed by atoms with Crippen molar-refractivity contribution in [2.75, 3.05) is 5.32 Å². The average molecular weight is 261 g/mol. The summed E-state index contributed by atoms with van der Waals surface area (Å²) < 4.78 is 28.2. The average Bonchev–Trinajstić information content (AvgIpc) is 2.41. The van der Waals surface area contributed by atoms with E-state index in [-0.39, 0.29) is 5.75 Å². The van der Waals surface area contributed by atoms with Crippen LogP contribution in [0.25, 0.3) is 0 Å². The monoisotopic (exact) mass is 261 g/mol. The fourth-order valence-electron chi connectivity index (χ4n) is 1.47. The number of alkyl halides is 2. The predicted octanol–water partition coefficient (Wildman–Crippen LogP) is 3.30. The van der Waals surface area contributed by atoms with Crippen molar-refractivity contribution in [3.63, 3.8) is 0 Å². The summed E-state index contributed by atoms with van der Waals surface area (Å²) >= 11 is 0. The Bertz CT molecular complexity index is 594. The Kier molecular flexibility index (Phi) is 3.88. The minimum Gasteiger partial charge on any atom is -0.435 e.